The maximum absolute atomic E-state index is 13.1. The fourth-order valence-corrected chi connectivity index (χ4v) is 3.65. The van der Waals surface area contributed by atoms with E-state index in [0.717, 1.165) is 0 Å². The lowest BCUT2D eigenvalue weighted by Crippen LogP contribution is -2.25. The van der Waals surface area contributed by atoms with Crippen LogP contribution in [0.5, 0.6) is 11.5 Å². The number of thiocarbonyl (C=S) groups is 1. The predicted molar refractivity (Wildman–Crippen MR) is 119 cm³/mol. The molecule has 0 atom stereocenters. The normalized spacial score (nSPS) is 11.9. The number of methoxy groups -OCH3 is 2. The van der Waals surface area contributed by atoms with Crippen molar-refractivity contribution >= 4 is 40.3 Å². The second-order valence-electron chi connectivity index (χ2n) is 6.58. The molecule has 1 aliphatic rings. The van der Waals surface area contributed by atoms with Crippen LogP contribution in [0.1, 0.15) is 31.8 Å². The summed E-state index contributed by atoms with van der Waals surface area (Å²) in [5.74, 6) is 0.803. The number of rotatable bonds is 4. The van der Waals surface area contributed by atoms with Crippen LogP contribution < -0.4 is 20.1 Å². The van der Waals surface area contributed by atoms with Crippen molar-refractivity contribution < 1.29 is 19.1 Å². The molecule has 4 rings (SSSR count). The zero-order chi connectivity index (χ0) is 21.3. The van der Waals surface area contributed by atoms with Gasteiger partial charge in [0.15, 0.2) is 16.7 Å². The minimum atomic E-state index is -0.215. The second-order valence-corrected chi connectivity index (χ2v) is 6.99. The molecule has 0 bridgehead atoms. The number of carbonyl (C=O) groups excluding carboxylic acids is 2. The van der Waals surface area contributed by atoms with Crippen molar-refractivity contribution in [1.29, 1.82) is 0 Å². The van der Waals surface area contributed by atoms with E-state index in [4.69, 9.17) is 21.7 Å². The van der Waals surface area contributed by atoms with Gasteiger partial charge in [0.2, 0.25) is 0 Å². The Morgan fingerprint density at radius 1 is 0.767 bits per heavy atom. The lowest BCUT2D eigenvalue weighted by Gasteiger charge is -2.21. The third-order valence-electron chi connectivity index (χ3n) is 4.86. The highest BCUT2D eigenvalue weighted by Gasteiger charge is 2.31. The molecule has 6 nitrogen and oxygen atoms in total. The van der Waals surface area contributed by atoms with Crippen molar-refractivity contribution in [3.63, 3.8) is 0 Å². The van der Waals surface area contributed by atoms with Crippen LogP contribution in [0.3, 0.4) is 0 Å². The minimum Gasteiger partial charge on any atom is -0.497 e. The average molecular weight is 418 g/mol. The first-order valence-corrected chi connectivity index (χ1v) is 9.55. The van der Waals surface area contributed by atoms with E-state index in [1.54, 1.807) is 74.9 Å². The maximum Gasteiger partial charge on any atom is 0.196 e. The van der Waals surface area contributed by atoms with Gasteiger partial charge in [0.25, 0.3) is 0 Å². The molecule has 0 radical (unpaired) electrons. The van der Waals surface area contributed by atoms with E-state index in [9.17, 15) is 9.59 Å². The molecule has 0 saturated heterocycles. The maximum atomic E-state index is 13.1. The summed E-state index contributed by atoms with van der Waals surface area (Å²) in [4.78, 5) is 26.0. The van der Waals surface area contributed by atoms with E-state index >= 15 is 0 Å². The molecule has 0 fully saturated rings. The summed E-state index contributed by atoms with van der Waals surface area (Å²) in [5.41, 5.74) is 2.56. The molecular weight excluding hydrogens is 400 g/mol. The number of benzene rings is 3. The summed E-state index contributed by atoms with van der Waals surface area (Å²) in [7, 11) is 3.12. The summed E-state index contributed by atoms with van der Waals surface area (Å²) < 4.78 is 10.6. The van der Waals surface area contributed by atoms with E-state index in [1.807, 2.05) is 0 Å². The number of ketones is 2. The Kier molecular flexibility index (Phi) is 5.20. The molecule has 1 aliphatic carbocycles. The lowest BCUT2D eigenvalue weighted by atomic mass is 9.83. The quantitative estimate of drug-likeness (QED) is 0.479. The van der Waals surface area contributed by atoms with Gasteiger partial charge in [-0.1, -0.05) is 36.4 Å². The molecule has 0 amide bonds. The van der Waals surface area contributed by atoms with E-state index in [0.29, 0.717) is 45.1 Å². The monoisotopic (exact) mass is 418 g/mol. The average Bonchev–Trinajstić information content (AvgIpc) is 2.77. The molecule has 0 heterocycles. The summed E-state index contributed by atoms with van der Waals surface area (Å²) in [6, 6.07) is 17.2. The van der Waals surface area contributed by atoms with Gasteiger partial charge in [-0.2, -0.15) is 0 Å². The first-order chi connectivity index (χ1) is 14.5. The SMILES string of the molecule is COc1ccc(NC(=S)Nc2cccc3c2C(=O)c2ccccc2C3=O)c(OC)c1. The number of hydrogen-bond acceptors (Lipinski definition) is 5. The molecule has 0 aliphatic heterocycles. The molecule has 3 aromatic rings. The standard InChI is InChI=1S/C23H18N2O4S/c1-28-13-10-11-17(19(12-13)29-2)24-23(30)25-18-9-5-8-16-20(18)22(27)15-7-4-3-6-14(15)21(16)26/h3-12H,1-2H3,(H2,24,25,30). The minimum absolute atomic E-state index is 0.181. The second kappa shape index (κ2) is 7.96. The summed E-state index contributed by atoms with van der Waals surface area (Å²) in [6.07, 6.45) is 0. The van der Waals surface area contributed by atoms with Crippen molar-refractivity contribution in [3.05, 3.63) is 82.9 Å². The third-order valence-corrected chi connectivity index (χ3v) is 5.06. The fraction of sp³-hybridized carbons (Fsp3) is 0.0870. The van der Waals surface area contributed by atoms with Crippen molar-refractivity contribution in [3.8, 4) is 11.5 Å². The van der Waals surface area contributed by atoms with Gasteiger partial charge in [0.05, 0.1) is 31.2 Å². The van der Waals surface area contributed by atoms with Crippen LogP contribution in [0.15, 0.2) is 60.7 Å². The number of ether oxygens (including phenoxy) is 2. The van der Waals surface area contributed by atoms with Gasteiger partial charge < -0.3 is 20.1 Å². The Hall–Kier alpha value is -3.71. The molecule has 0 spiro atoms. The number of nitrogens with one attached hydrogen (secondary N) is 2. The van der Waals surface area contributed by atoms with Crippen LogP contribution in [0, 0.1) is 0 Å². The molecule has 7 heteroatoms. The van der Waals surface area contributed by atoms with Crippen molar-refractivity contribution in [1.82, 2.24) is 0 Å². The van der Waals surface area contributed by atoms with Crippen LogP contribution in [-0.4, -0.2) is 30.9 Å². The Labute approximate surface area is 178 Å². The molecule has 30 heavy (non-hydrogen) atoms. The fourth-order valence-electron chi connectivity index (χ4n) is 3.43. The van der Waals surface area contributed by atoms with Gasteiger partial charge in [-0.3, -0.25) is 9.59 Å². The van der Waals surface area contributed by atoms with E-state index < -0.39 is 0 Å². The summed E-state index contributed by atoms with van der Waals surface area (Å²) in [5, 5.41) is 6.35. The van der Waals surface area contributed by atoms with Crippen molar-refractivity contribution in [2.75, 3.05) is 24.9 Å². The Balaban J connectivity index is 1.63. The highest BCUT2D eigenvalue weighted by Crippen LogP contribution is 2.33. The van der Waals surface area contributed by atoms with E-state index in [2.05, 4.69) is 10.6 Å². The Morgan fingerprint density at radius 3 is 2.13 bits per heavy atom. The van der Waals surface area contributed by atoms with Crippen LogP contribution in [0.25, 0.3) is 0 Å². The van der Waals surface area contributed by atoms with Gasteiger partial charge in [0, 0.05) is 22.8 Å². The zero-order valence-electron chi connectivity index (χ0n) is 16.3. The van der Waals surface area contributed by atoms with Crippen LogP contribution in [-0.2, 0) is 0 Å². The number of carbonyl (C=O) groups is 2. The molecule has 2 N–H and O–H groups in total. The number of fused-ring (bicyclic) bond motifs is 2. The first-order valence-electron chi connectivity index (χ1n) is 9.15. The molecule has 3 aromatic carbocycles. The van der Waals surface area contributed by atoms with Crippen LogP contribution >= 0.6 is 12.2 Å². The third kappa shape index (κ3) is 3.40. The highest BCUT2D eigenvalue weighted by atomic mass is 32.1. The van der Waals surface area contributed by atoms with Crippen LogP contribution in [0.4, 0.5) is 11.4 Å². The van der Waals surface area contributed by atoms with Gasteiger partial charge in [-0.25, -0.2) is 0 Å². The number of anilines is 2. The van der Waals surface area contributed by atoms with Gasteiger partial charge in [-0.15, -0.1) is 0 Å². The zero-order valence-corrected chi connectivity index (χ0v) is 17.1. The summed E-state index contributed by atoms with van der Waals surface area (Å²) >= 11 is 5.43. The smallest absolute Gasteiger partial charge is 0.196 e. The first kappa shape index (κ1) is 19.6. The molecule has 0 aromatic heterocycles. The lowest BCUT2D eigenvalue weighted by molar-refractivity contribution is 0.0979. The topological polar surface area (TPSA) is 76.7 Å². The van der Waals surface area contributed by atoms with Gasteiger partial charge in [-0.05, 0) is 30.4 Å². The van der Waals surface area contributed by atoms with Crippen molar-refractivity contribution in [2.45, 2.75) is 0 Å². The largest absolute Gasteiger partial charge is 0.497 e. The van der Waals surface area contributed by atoms with E-state index in [1.165, 1.54) is 0 Å². The molecule has 150 valence electrons. The number of hydrogen-bond donors (Lipinski definition) is 2. The van der Waals surface area contributed by atoms with Crippen molar-refractivity contribution in [2.24, 2.45) is 0 Å². The highest BCUT2D eigenvalue weighted by molar-refractivity contribution is 7.80. The predicted octanol–water partition coefficient (Wildman–Crippen LogP) is 4.29. The van der Waals surface area contributed by atoms with Gasteiger partial charge >= 0.3 is 0 Å². The van der Waals surface area contributed by atoms with Gasteiger partial charge in [0.1, 0.15) is 11.5 Å². The summed E-state index contributed by atoms with van der Waals surface area (Å²) in [6.45, 7) is 0. The molecule has 0 saturated carbocycles. The molecular formula is C23H18N2O4S. The van der Waals surface area contributed by atoms with Crippen LogP contribution in [0.2, 0.25) is 0 Å². The Morgan fingerprint density at radius 2 is 1.43 bits per heavy atom. The molecule has 0 unspecified atom stereocenters. The Bertz CT molecular complexity index is 1190. The van der Waals surface area contributed by atoms with E-state index in [-0.39, 0.29) is 16.7 Å².